The van der Waals surface area contributed by atoms with Crippen LogP contribution in [0, 0.1) is 6.92 Å². The number of rotatable bonds is 5. The number of hydrogen-bond acceptors (Lipinski definition) is 10. The molecule has 166 valence electrons. The summed E-state index contributed by atoms with van der Waals surface area (Å²) in [5.74, 6) is -0.0397. The highest BCUT2D eigenvalue weighted by Crippen LogP contribution is 2.35. The van der Waals surface area contributed by atoms with Gasteiger partial charge in [0.15, 0.2) is 11.5 Å². The summed E-state index contributed by atoms with van der Waals surface area (Å²) in [5.41, 5.74) is 6.63. The molecule has 0 saturated heterocycles. The van der Waals surface area contributed by atoms with Crippen molar-refractivity contribution >= 4 is 58.4 Å². The highest BCUT2D eigenvalue weighted by molar-refractivity contribution is 7.86. The van der Waals surface area contributed by atoms with E-state index in [1.165, 1.54) is 30.3 Å². The minimum Gasteiger partial charge on any atom is -0.382 e. The van der Waals surface area contributed by atoms with Gasteiger partial charge in [-0.05, 0) is 31.2 Å². The molecule has 0 amide bonds. The fourth-order valence-electron chi connectivity index (χ4n) is 2.95. The zero-order valence-electron chi connectivity index (χ0n) is 16.1. The lowest BCUT2D eigenvalue weighted by Gasteiger charge is -2.08. The van der Waals surface area contributed by atoms with E-state index in [0.717, 1.165) is 16.0 Å². The predicted molar refractivity (Wildman–Crippen MR) is 116 cm³/mol. The molecule has 15 heteroatoms. The summed E-state index contributed by atoms with van der Waals surface area (Å²) in [4.78, 5) is 3.37. The monoisotopic (exact) mass is 494 g/mol. The van der Waals surface area contributed by atoms with Crippen LogP contribution >= 0.6 is 11.3 Å². The molecule has 0 aliphatic rings. The van der Waals surface area contributed by atoms with Gasteiger partial charge in [0.05, 0.1) is 16.1 Å². The van der Waals surface area contributed by atoms with E-state index in [-0.39, 0.29) is 37.6 Å². The van der Waals surface area contributed by atoms with Crippen molar-refractivity contribution in [2.24, 2.45) is 10.2 Å². The van der Waals surface area contributed by atoms with E-state index >= 15 is 0 Å². The van der Waals surface area contributed by atoms with Crippen molar-refractivity contribution in [2.75, 3.05) is 5.73 Å². The van der Waals surface area contributed by atoms with Crippen LogP contribution in [0.25, 0.3) is 15.9 Å². The molecule has 2 aromatic heterocycles. The first-order chi connectivity index (χ1) is 15.0. The number of thiazole rings is 1. The highest BCUT2D eigenvalue weighted by Gasteiger charge is 2.22. The number of aromatic nitrogens is 3. The van der Waals surface area contributed by atoms with Crippen molar-refractivity contribution in [3.8, 4) is 5.69 Å². The van der Waals surface area contributed by atoms with E-state index in [1.54, 1.807) is 19.1 Å². The van der Waals surface area contributed by atoms with E-state index in [2.05, 4.69) is 20.3 Å². The van der Waals surface area contributed by atoms with Crippen molar-refractivity contribution in [3.63, 3.8) is 0 Å². The average Bonchev–Trinajstić information content (AvgIpc) is 3.25. The number of nitrogens with zero attached hydrogens (tertiary/aromatic N) is 5. The summed E-state index contributed by atoms with van der Waals surface area (Å²) < 4.78 is 66.9. The number of nitrogens with two attached hydrogens (primary N) is 1. The van der Waals surface area contributed by atoms with Crippen molar-refractivity contribution in [3.05, 3.63) is 48.2 Å². The number of fused-ring (bicyclic) bond motifs is 1. The van der Waals surface area contributed by atoms with Crippen LogP contribution in [0.2, 0.25) is 0 Å². The lowest BCUT2D eigenvalue weighted by Crippen LogP contribution is -2.08. The molecular formula is C17H14N6O6S3. The molecule has 4 N–H and O–H groups in total. The van der Waals surface area contributed by atoms with E-state index < -0.39 is 20.2 Å². The Labute approximate surface area is 185 Å². The molecule has 0 saturated carbocycles. The largest absolute Gasteiger partial charge is 0.382 e. The second kappa shape index (κ2) is 7.72. The van der Waals surface area contributed by atoms with Gasteiger partial charge in [-0.3, -0.25) is 9.11 Å². The summed E-state index contributed by atoms with van der Waals surface area (Å²) in [7, 11) is -9.01. The molecule has 4 rings (SSSR count). The Morgan fingerprint density at radius 1 is 0.969 bits per heavy atom. The van der Waals surface area contributed by atoms with Gasteiger partial charge in [-0.2, -0.15) is 21.9 Å². The van der Waals surface area contributed by atoms with Gasteiger partial charge in [-0.15, -0.1) is 10.2 Å². The van der Waals surface area contributed by atoms with Crippen LogP contribution in [0.5, 0.6) is 0 Å². The van der Waals surface area contributed by atoms with Crippen LogP contribution in [0.4, 0.5) is 16.6 Å². The van der Waals surface area contributed by atoms with Crippen molar-refractivity contribution < 1.29 is 25.9 Å². The quantitative estimate of drug-likeness (QED) is 0.276. The molecule has 0 bridgehead atoms. The smallest absolute Gasteiger partial charge is 0.296 e. The third kappa shape index (κ3) is 3.98. The summed E-state index contributed by atoms with van der Waals surface area (Å²) in [5, 5.41) is 12.3. The van der Waals surface area contributed by atoms with Gasteiger partial charge in [0, 0.05) is 0 Å². The Kier molecular flexibility index (Phi) is 5.30. The van der Waals surface area contributed by atoms with Gasteiger partial charge in [0.1, 0.15) is 15.3 Å². The SMILES string of the molecule is Cc1nn(-c2ccccc2S(=O)(=O)O)c(N)c1/N=N/c1nc2c(S(=O)(=O)O)cccc2s1. The van der Waals surface area contributed by atoms with Crippen LogP contribution in [0.1, 0.15) is 5.69 Å². The number of para-hydroxylation sites is 2. The number of anilines is 1. The predicted octanol–water partition coefficient (Wildman–Crippen LogP) is 3.28. The number of benzene rings is 2. The van der Waals surface area contributed by atoms with Crippen molar-refractivity contribution in [1.82, 2.24) is 14.8 Å². The molecule has 0 aliphatic heterocycles. The third-order valence-electron chi connectivity index (χ3n) is 4.32. The van der Waals surface area contributed by atoms with E-state index in [0.29, 0.717) is 10.4 Å². The molecule has 2 heterocycles. The summed E-state index contributed by atoms with van der Waals surface area (Å²) in [6.07, 6.45) is 0. The first-order valence-electron chi connectivity index (χ1n) is 8.67. The molecule has 12 nitrogen and oxygen atoms in total. The van der Waals surface area contributed by atoms with Gasteiger partial charge in [-0.25, -0.2) is 9.67 Å². The highest BCUT2D eigenvalue weighted by atomic mass is 32.2. The molecule has 0 aliphatic carbocycles. The summed E-state index contributed by atoms with van der Waals surface area (Å²) in [6, 6.07) is 9.90. The second-order valence-corrected chi connectivity index (χ2v) is 10.2. The van der Waals surface area contributed by atoms with Gasteiger partial charge in [-0.1, -0.05) is 29.5 Å². The molecule has 0 unspecified atom stereocenters. The van der Waals surface area contributed by atoms with Crippen LogP contribution in [-0.4, -0.2) is 40.7 Å². The lowest BCUT2D eigenvalue weighted by atomic mass is 10.3. The maximum absolute atomic E-state index is 11.7. The van der Waals surface area contributed by atoms with E-state index in [4.69, 9.17) is 5.73 Å². The van der Waals surface area contributed by atoms with Crippen LogP contribution in [0.3, 0.4) is 0 Å². The number of nitrogen functional groups attached to an aromatic ring is 1. The molecule has 4 aromatic rings. The Bertz CT molecular complexity index is 1600. The van der Waals surface area contributed by atoms with Gasteiger partial charge in [0.25, 0.3) is 20.2 Å². The summed E-state index contributed by atoms with van der Waals surface area (Å²) in [6.45, 7) is 1.58. The van der Waals surface area contributed by atoms with E-state index in [9.17, 15) is 25.9 Å². The number of hydrogen-bond donors (Lipinski definition) is 3. The van der Waals surface area contributed by atoms with E-state index in [1.807, 2.05) is 0 Å². The Morgan fingerprint density at radius 2 is 1.62 bits per heavy atom. The molecule has 0 spiro atoms. The third-order valence-corrected chi connectivity index (χ3v) is 7.01. The minimum absolute atomic E-state index is 0.0230. The van der Waals surface area contributed by atoms with Crippen LogP contribution in [-0.2, 0) is 20.2 Å². The zero-order chi connectivity index (χ0) is 23.3. The molecule has 0 atom stereocenters. The fraction of sp³-hybridized carbons (Fsp3) is 0.0588. The molecule has 0 radical (unpaired) electrons. The zero-order valence-corrected chi connectivity index (χ0v) is 18.6. The molecular weight excluding hydrogens is 480 g/mol. The normalized spacial score (nSPS) is 12.7. The van der Waals surface area contributed by atoms with Gasteiger partial charge < -0.3 is 5.73 Å². The van der Waals surface area contributed by atoms with Crippen LogP contribution < -0.4 is 5.73 Å². The first kappa shape index (κ1) is 22.0. The number of azo groups is 1. The van der Waals surface area contributed by atoms with Gasteiger partial charge >= 0.3 is 0 Å². The van der Waals surface area contributed by atoms with Gasteiger partial charge in [0.2, 0.25) is 5.13 Å². The Hall–Kier alpha value is -3.24. The first-order valence-corrected chi connectivity index (χ1v) is 12.4. The lowest BCUT2D eigenvalue weighted by molar-refractivity contribution is 0.481. The minimum atomic E-state index is -4.54. The van der Waals surface area contributed by atoms with Crippen molar-refractivity contribution in [2.45, 2.75) is 16.7 Å². The average molecular weight is 495 g/mol. The van der Waals surface area contributed by atoms with Crippen LogP contribution in [0.15, 0.2) is 62.5 Å². The maximum Gasteiger partial charge on any atom is 0.296 e. The van der Waals surface area contributed by atoms with Crippen molar-refractivity contribution in [1.29, 1.82) is 0 Å². The maximum atomic E-state index is 11.7. The Morgan fingerprint density at radius 3 is 2.31 bits per heavy atom. The number of aryl methyl sites for hydroxylation is 1. The fourth-order valence-corrected chi connectivity index (χ4v) is 5.15. The standard InChI is InChI=1S/C17H14N6O6S3/c1-9-14(16(18)23(22-9)10-5-2-3-7-12(10)31(24,25)26)20-21-17-19-15-11(30-17)6-4-8-13(15)32(27,28)29/h2-8H,18H2,1H3,(H,24,25,26)(H,27,28,29)/b21-20+. The molecule has 32 heavy (non-hydrogen) atoms. The Balaban J connectivity index is 1.78. The molecule has 0 fully saturated rings. The topological polar surface area (TPSA) is 190 Å². The second-order valence-electron chi connectivity index (χ2n) is 6.45. The molecule has 2 aromatic carbocycles. The summed E-state index contributed by atoms with van der Waals surface area (Å²) >= 11 is 1.04.